The Balaban J connectivity index is 1.97. The molecule has 0 spiro atoms. The number of rotatable bonds is 2. The molecule has 4 rings (SSSR count). The molecule has 8 heteroatoms. The molecule has 122 valence electrons. The molecule has 3 aromatic rings. The van der Waals surface area contributed by atoms with Crippen molar-refractivity contribution in [3.63, 3.8) is 0 Å². The van der Waals surface area contributed by atoms with Crippen LogP contribution in [-0.4, -0.2) is 28.5 Å². The third-order valence-corrected chi connectivity index (χ3v) is 4.28. The van der Waals surface area contributed by atoms with E-state index in [-0.39, 0.29) is 27.5 Å². The Morgan fingerprint density at radius 2 is 1.84 bits per heavy atom. The van der Waals surface area contributed by atoms with Crippen molar-refractivity contribution >= 4 is 34.7 Å². The number of carbonyl (C=O) groups excluding carboxylic acids is 2. The van der Waals surface area contributed by atoms with Crippen LogP contribution in [0.15, 0.2) is 36.5 Å². The predicted octanol–water partition coefficient (Wildman–Crippen LogP) is 2.67. The minimum absolute atomic E-state index is 0.0437. The van der Waals surface area contributed by atoms with E-state index in [0.717, 1.165) is 4.90 Å². The molecule has 0 radical (unpaired) electrons. The van der Waals surface area contributed by atoms with E-state index in [1.807, 2.05) is 6.07 Å². The summed E-state index contributed by atoms with van der Waals surface area (Å²) in [6.07, 6.45) is 1.52. The van der Waals surface area contributed by atoms with Crippen molar-refractivity contribution in [2.75, 3.05) is 12.0 Å². The molecule has 1 aliphatic heterocycles. The zero-order valence-electron chi connectivity index (χ0n) is 12.9. The number of nitrogens with zero attached hydrogens (tertiary/aromatic N) is 4. The van der Waals surface area contributed by atoms with Crippen molar-refractivity contribution in [2.24, 2.45) is 0 Å². The normalized spacial score (nSPS) is 13.2. The van der Waals surface area contributed by atoms with Crippen LogP contribution in [0.25, 0.3) is 5.52 Å². The summed E-state index contributed by atoms with van der Waals surface area (Å²) in [6.45, 7) is 0. The van der Waals surface area contributed by atoms with Crippen molar-refractivity contribution in [1.82, 2.24) is 9.61 Å². The molecule has 0 atom stereocenters. The van der Waals surface area contributed by atoms with E-state index in [1.54, 1.807) is 24.3 Å². The van der Waals surface area contributed by atoms with E-state index >= 15 is 0 Å². The van der Waals surface area contributed by atoms with Gasteiger partial charge >= 0.3 is 0 Å². The van der Waals surface area contributed by atoms with Crippen molar-refractivity contribution < 1.29 is 14.3 Å². The standard InChI is InChI=1S/C17H9ClN4O3/c1-25-9-6-13(18)14-12(7-19)15(20-21(14)8-9)22-16(23)10-4-2-3-5-11(10)17(22)24/h2-6,8H,1H3. The van der Waals surface area contributed by atoms with E-state index < -0.39 is 11.8 Å². The lowest BCUT2D eigenvalue weighted by Crippen LogP contribution is -2.30. The third kappa shape index (κ3) is 2.01. The Hall–Kier alpha value is -3.37. The van der Waals surface area contributed by atoms with Crippen LogP contribution >= 0.6 is 11.6 Å². The van der Waals surface area contributed by atoms with Gasteiger partial charge in [0.25, 0.3) is 11.8 Å². The van der Waals surface area contributed by atoms with Gasteiger partial charge < -0.3 is 4.74 Å². The van der Waals surface area contributed by atoms with Gasteiger partial charge in [-0.1, -0.05) is 23.7 Å². The molecule has 25 heavy (non-hydrogen) atoms. The van der Waals surface area contributed by atoms with E-state index in [4.69, 9.17) is 16.3 Å². The molecular formula is C17H9ClN4O3. The monoisotopic (exact) mass is 352 g/mol. The molecule has 0 N–H and O–H groups in total. The summed E-state index contributed by atoms with van der Waals surface area (Å²) in [4.78, 5) is 26.2. The average molecular weight is 353 g/mol. The molecule has 0 aliphatic carbocycles. The number of ether oxygens (including phenoxy) is 1. The lowest BCUT2D eigenvalue weighted by Gasteiger charge is -2.10. The van der Waals surface area contributed by atoms with Crippen molar-refractivity contribution in [3.8, 4) is 11.8 Å². The molecule has 1 aromatic carbocycles. The zero-order chi connectivity index (χ0) is 17.7. The van der Waals surface area contributed by atoms with Crippen LogP contribution in [0, 0.1) is 11.3 Å². The summed E-state index contributed by atoms with van der Waals surface area (Å²) in [5.74, 6) is -0.672. The topological polar surface area (TPSA) is 87.7 Å². The summed E-state index contributed by atoms with van der Waals surface area (Å²) in [6, 6.07) is 9.99. The van der Waals surface area contributed by atoms with Crippen LogP contribution in [0.5, 0.6) is 5.75 Å². The first-order valence-corrected chi connectivity index (χ1v) is 7.58. The number of fused-ring (bicyclic) bond motifs is 2. The van der Waals surface area contributed by atoms with Gasteiger partial charge in [0.2, 0.25) is 0 Å². The first kappa shape index (κ1) is 15.2. The van der Waals surface area contributed by atoms with Gasteiger partial charge in [0.15, 0.2) is 5.82 Å². The first-order chi connectivity index (χ1) is 12.1. The Morgan fingerprint density at radius 3 is 2.40 bits per heavy atom. The molecule has 0 unspecified atom stereocenters. The quantitative estimate of drug-likeness (QED) is 0.662. The fourth-order valence-corrected chi connectivity index (χ4v) is 3.14. The molecule has 1 aliphatic rings. The molecule has 0 bridgehead atoms. The lowest BCUT2D eigenvalue weighted by atomic mass is 10.1. The first-order valence-electron chi connectivity index (χ1n) is 7.20. The highest BCUT2D eigenvalue weighted by molar-refractivity contribution is 6.36. The Bertz CT molecular complexity index is 1080. The van der Waals surface area contributed by atoms with Gasteiger partial charge in [-0.3, -0.25) is 9.59 Å². The van der Waals surface area contributed by atoms with Gasteiger partial charge in [0.1, 0.15) is 22.9 Å². The number of amides is 2. The Morgan fingerprint density at radius 1 is 1.20 bits per heavy atom. The van der Waals surface area contributed by atoms with E-state index in [2.05, 4.69) is 5.10 Å². The molecule has 7 nitrogen and oxygen atoms in total. The number of halogens is 1. The zero-order valence-corrected chi connectivity index (χ0v) is 13.6. The minimum atomic E-state index is -0.524. The minimum Gasteiger partial charge on any atom is -0.495 e. The van der Waals surface area contributed by atoms with Crippen molar-refractivity contribution in [1.29, 1.82) is 5.26 Å². The third-order valence-electron chi connectivity index (χ3n) is 3.99. The van der Waals surface area contributed by atoms with Crippen LogP contribution in [-0.2, 0) is 0 Å². The van der Waals surface area contributed by atoms with Crippen LogP contribution in [0.1, 0.15) is 26.3 Å². The average Bonchev–Trinajstić information content (AvgIpc) is 3.10. The lowest BCUT2D eigenvalue weighted by molar-refractivity contribution is 0.0925. The number of anilines is 1. The highest BCUT2D eigenvalue weighted by Gasteiger charge is 2.39. The number of pyridine rings is 1. The second-order valence-electron chi connectivity index (χ2n) is 5.32. The number of hydrogen-bond donors (Lipinski definition) is 0. The van der Waals surface area contributed by atoms with Gasteiger partial charge in [0, 0.05) is 6.07 Å². The van der Waals surface area contributed by atoms with Gasteiger partial charge in [-0.15, -0.1) is 5.10 Å². The van der Waals surface area contributed by atoms with E-state index in [0.29, 0.717) is 11.3 Å². The smallest absolute Gasteiger partial charge is 0.267 e. The van der Waals surface area contributed by atoms with Gasteiger partial charge in [-0.2, -0.15) is 5.26 Å². The highest BCUT2D eigenvalue weighted by Crippen LogP contribution is 2.35. The van der Waals surface area contributed by atoms with Crippen LogP contribution < -0.4 is 9.64 Å². The molecular weight excluding hydrogens is 344 g/mol. The van der Waals surface area contributed by atoms with E-state index in [9.17, 15) is 14.9 Å². The van der Waals surface area contributed by atoms with Crippen LogP contribution in [0.3, 0.4) is 0 Å². The molecule has 0 saturated heterocycles. The maximum absolute atomic E-state index is 12.6. The van der Waals surface area contributed by atoms with Gasteiger partial charge in [-0.25, -0.2) is 9.42 Å². The van der Waals surface area contributed by atoms with Crippen molar-refractivity contribution in [2.45, 2.75) is 0 Å². The maximum atomic E-state index is 12.6. The van der Waals surface area contributed by atoms with E-state index in [1.165, 1.54) is 23.9 Å². The largest absolute Gasteiger partial charge is 0.495 e. The molecule has 2 amide bonds. The number of aromatic nitrogens is 2. The summed E-state index contributed by atoms with van der Waals surface area (Å²) < 4.78 is 6.46. The molecule has 3 heterocycles. The second kappa shape index (κ2) is 5.33. The fraction of sp³-hybridized carbons (Fsp3) is 0.0588. The molecule has 2 aromatic heterocycles. The number of hydrogen-bond acceptors (Lipinski definition) is 5. The Kier molecular flexibility index (Phi) is 3.23. The van der Waals surface area contributed by atoms with Crippen molar-refractivity contribution in [3.05, 3.63) is 58.2 Å². The number of methoxy groups -OCH3 is 1. The number of imide groups is 1. The van der Waals surface area contributed by atoms with Gasteiger partial charge in [-0.05, 0) is 12.1 Å². The van der Waals surface area contributed by atoms with Gasteiger partial charge in [0.05, 0.1) is 29.5 Å². The fourth-order valence-electron chi connectivity index (χ4n) is 2.85. The second-order valence-corrected chi connectivity index (χ2v) is 5.73. The number of benzene rings is 1. The highest BCUT2D eigenvalue weighted by atomic mass is 35.5. The summed E-state index contributed by atoms with van der Waals surface area (Å²) >= 11 is 6.23. The molecule has 0 fully saturated rings. The summed E-state index contributed by atoms with van der Waals surface area (Å²) in [7, 11) is 1.47. The summed E-state index contributed by atoms with van der Waals surface area (Å²) in [5, 5.41) is 14.0. The predicted molar refractivity (Wildman–Crippen MR) is 89.1 cm³/mol. The van der Waals surface area contributed by atoms with Crippen LogP contribution in [0.2, 0.25) is 5.02 Å². The number of carbonyl (C=O) groups is 2. The summed E-state index contributed by atoms with van der Waals surface area (Å²) in [5.41, 5.74) is 0.896. The SMILES string of the molecule is COc1cc(Cl)c2c(C#N)c(N3C(=O)c4ccccc4C3=O)nn2c1. The van der Waals surface area contributed by atoms with Crippen LogP contribution in [0.4, 0.5) is 5.82 Å². The molecule has 0 saturated carbocycles. The Labute approximate surface area is 146 Å². The number of nitriles is 1. The maximum Gasteiger partial charge on any atom is 0.267 e.